The van der Waals surface area contributed by atoms with Crippen LogP contribution >= 0.6 is 11.3 Å². The summed E-state index contributed by atoms with van der Waals surface area (Å²) in [5, 5.41) is 0. The fourth-order valence-corrected chi connectivity index (χ4v) is 3.81. The summed E-state index contributed by atoms with van der Waals surface area (Å²) in [6.45, 7) is 2.21. The second kappa shape index (κ2) is 5.80. The van der Waals surface area contributed by atoms with Gasteiger partial charge in [-0.1, -0.05) is 19.8 Å². The smallest absolute Gasteiger partial charge is 0.0553 e. The second-order valence-corrected chi connectivity index (χ2v) is 5.83. The third-order valence-electron chi connectivity index (χ3n) is 3.39. The Labute approximate surface area is 102 Å². The first-order valence-electron chi connectivity index (χ1n) is 6.42. The third-order valence-corrected chi connectivity index (χ3v) is 4.74. The van der Waals surface area contributed by atoms with Gasteiger partial charge in [-0.2, -0.15) is 0 Å². The molecular formula is C13H22N2S. The van der Waals surface area contributed by atoms with Crippen LogP contribution in [0, 0.1) is 0 Å². The summed E-state index contributed by atoms with van der Waals surface area (Å²) in [5.41, 5.74) is 4.55. The zero-order valence-corrected chi connectivity index (χ0v) is 10.9. The number of hydrazine groups is 1. The fourth-order valence-electron chi connectivity index (χ4n) is 2.46. The molecule has 2 rings (SSSR count). The maximum absolute atomic E-state index is 5.64. The van der Waals surface area contributed by atoms with E-state index in [1.165, 1.54) is 43.4 Å². The lowest BCUT2D eigenvalue weighted by molar-refractivity contribution is 0.517. The van der Waals surface area contributed by atoms with E-state index in [-0.39, 0.29) is 0 Å². The molecule has 0 spiro atoms. The summed E-state index contributed by atoms with van der Waals surface area (Å²) in [4.78, 5) is 3.06. The van der Waals surface area contributed by atoms with Gasteiger partial charge in [-0.3, -0.25) is 11.3 Å². The van der Waals surface area contributed by atoms with Crippen LogP contribution in [0.15, 0.2) is 6.07 Å². The SMILES string of the molecule is CCCC(NN)c1cc2c(s1)CCCCC2. The Morgan fingerprint density at radius 3 is 2.94 bits per heavy atom. The van der Waals surface area contributed by atoms with E-state index in [4.69, 9.17) is 5.84 Å². The largest absolute Gasteiger partial charge is 0.271 e. The topological polar surface area (TPSA) is 38.0 Å². The highest BCUT2D eigenvalue weighted by Crippen LogP contribution is 2.33. The average molecular weight is 238 g/mol. The van der Waals surface area contributed by atoms with Crippen molar-refractivity contribution in [3.05, 3.63) is 21.4 Å². The van der Waals surface area contributed by atoms with Crippen LogP contribution in [-0.4, -0.2) is 0 Å². The number of fused-ring (bicyclic) bond motifs is 1. The molecule has 3 heteroatoms. The Hall–Kier alpha value is -0.380. The lowest BCUT2D eigenvalue weighted by atomic mass is 10.1. The molecule has 0 radical (unpaired) electrons. The molecule has 3 N–H and O–H groups in total. The Bertz CT molecular complexity index is 309. The Morgan fingerprint density at radius 1 is 1.38 bits per heavy atom. The molecule has 1 aliphatic rings. The van der Waals surface area contributed by atoms with E-state index >= 15 is 0 Å². The molecule has 0 saturated carbocycles. The van der Waals surface area contributed by atoms with Crippen molar-refractivity contribution < 1.29 is 0 Å². The fraction of sp³-hybridized carbons (Fsp3) is 0.692. The zero-order valence-electron chi connectivity index (χ0n) is 10.1. The van der Waals surface area contributed by atoms with Crippen molar-refractivity contribution in [3.63, 3.8) is 0 Å². The molecule has 1 aromatic heterocycles. The van der Waals surface area contributed by atoms with Gasteiger partial charge in [0.2, 0.25) is 0 Å². The van der Waals surface area contributed by atoms with Gasteiger partial charge >= 0.3 is 0 Å². The van der Waals surface area contributed by atoms with Gasteiger partial charge in [-0.05, 0) is 43.7 Å². The third kappa shape index (κ3) is 2.65. The summed E-state index contributed by atoms with van der Waals surface area (Å²) in [6, 6.07) is 2.76. The van der Waals surface area contributed by atoms with Crippen LogP contribution in [0.2, 0.25) is 0 Å². The van der Waals surface area contributed by atoms with Gasteiger partial charge in [0.05, 0.1) is 6.04 Å². The minimum atomic E-state index is 0.363. The molecule has 1 aromatic rings. The van der Waals surface area contributed by atoms with E-state index in [0.717, 1.165) is 6.42 Å². The van der Waals surface area contributed by atoms with E-state index in [1.54, 1.807) is 10.4 Å². The summed E-state index contributed by atoms with van der Waals surface area (Å²) in [6.07, 6.45) is 8.98. The maximum atomic E-state index is 5.64. The normalized spacial score (nSPS) is 17.9. The number of aryl methyl sites for hydroxylation is 2. The van der Waals surface area contributed by atoms with Gasteiger partial charge in [-0.15, -0.1) is 11.3 Å². The molecule has 1 unspecified atom stereocenters. The molecule has 90 valence electrons. The molecule has 1 aliphatic carbocycles. The van der Waals surface area contributed by atoms with Crippen molar-refractivity contribution in [2.75, 3.05) is 0 Å². The molecule has 0 saturated heterocycles. The predicted octanol–water partition coefficient (Wildman–Crippen LogP) is 3.32. The molecule has 1 heterocycles. The molecule has 2 nitrogen and oxygen atoms in total. The highest BCUT2D eigenvalue weighted by atomic mass is 32.1. The van der Waals surface area contributed by atoms with E-state index in [1.807, 2.05) is 11.3 Å². The number of hydrogen-bond donors (Lipinski definition) is 2. The minimum Gasteiger partial charge on any atom is -0.271 e. The van der Waals surface area contributed by atoms with Gasteiger partial charge in [-0.25, -0.2) is 0 Å². The van der Waals surface area contributed by atoms with Gasteiger partial charge in [0.1, 0.15) is 0 Å². The molecule has 1 atom stereocenters. The van der Waals surface area contributed by atoms with Crippen LogP contribution in [0.3, 0.4) is 0 Å². The first kappa shape index (κ1) is 12.1. The van der Waals surface area contributed by atoms with Crippen molar-refractivity contribution in [2.45, 2.75) is 57.9 Å². The standard InChI is InChI=1S/C13H22N2S/c1-2-6-11(15-14)13-9-10-7-4-3-5-8-12(10)16-13/h9,11,15H,2-8,14H2,1H3. The first-order chi connectivity index (χ1) is 7.85. The predicted molar refractivity (Wildman–Crippen MR) is 70.6 cm³/mol. The van der Waals surface area contributed by atoms with Crippen LogP contribution in [0.25, 0.3) is 0 Å². The summed E-state index contributed by atoms with van der Waals surface area (Å²) >= 11 is 1.98. The maximum Gasteiger partial charge on any atom is 0.0553 e. The molecule has 16 heavy (non-hydrogen) atoms. The lowest BCUT2D eigenvalue weighted by Gasteiger charge is -2.12. The van der Waals surface area contributed by atoms with E-state index in [0.29, 0.717) is 6.04 Å². The van der Waals surface area contributed by atoms with Crippen LogP contribution in [0.5, 0.6) is 0 Å². The van der Waals surface area contributed by atoms with Crippen molar-refractivity contribution in [2.24, 2.45) is 5.84 Å². The van der Waals surface area contributed by atoms with Gasteiger partial charge in [0, 0.05) is 9.75 Å². The van der Waals surface area contributed by atoms with Crippen LogP contribution < -0.4 is 11.3 Å². The highest BCUT2D eigenvalue weighted by molar-refractivity contribution is 7.12. The van der Waals surface area contributed by atoms with E-state index in [2.05, 4.69) is 18.4 Å². The van der Waals surface area contributed by atoms with Crippen LogP contribution in [0.1, 0.15) is 60.4 Å². The number of nitrogens with one attached hydrogen (secondary N) is 1. The van der Waals surface area contributed by atoms with Crippen molar-refractivity contribution >= 4 is 11.3 Å². The monoisotopic (exact) mass is 238 g/mol. The molecule has 0 amide bonds. The lowest BCUT2D eigenvalue weighted by Crippen LogP contribution is -2.27. The summed E-state index contributed by atoms with van der Waals surface area (Å²) in [5.74, 6) is 5.64. The number of thiophene rings is 1. The number of hydrogen-bond acceptors (Lipinski definition) is 3. The minimum absolute atomic E-state index is 0.363. The molecular weight excluding hydrogens is 216 g/mol. The van der Waals surface area contributed by atoms with E-state index in [9.17, 15) is 0 Å². The van der Waals surface area contributed by atoms with Gasteiger partial charge < -0.3 is 0 Å². The van der Waals surface area contributed by atoms with Crippen molar-refractivity contribution in [1.29, 1.82) is 0 Å². The summed E-state index contributed by atoms with van der Waals surface area (Å²) in [7, 11) is 0. The number of nitrogens with two attached hydrogens (primary N) is 1. The molecule has 0 fully saturated rings. The van der Waals surface area contributed by atoms with Gasteiger partial charge in [0.15, 0.2) is 0 Å². The molecule has 0 aromatic carbocycles. The summed E-state index contributed by atoms with van der Waals surface area (Å²) < 4.78 is 0. The quantitative estimate of drug-likeness (QED) is 0.480. The average Bonchev–Trinajstić information content (AvgIpc) is 2.57. The zero-order chi connectivity index (χ0) is 11.4. The Balaban J connectivity index is 2.16. The molecule has 0 bridgehead atoms. The first-order valence-corrected chi connectivity index (χ1v) is 7.24. The van der Waals surface area contributed by atoms with Crippen LogP contribution in [-0.2, 0) is 12.8 Å². The van der Waals surface area contributed by atoms with E-state index < -0.39 is 0 Å². The Morgan fingerprint density at radius 2 is 2.19 bits per heavy atom. The van der Waals surface area contributed by atoms with Gasteiger partial charge in [0.25, 0.3) is 0 Å². The number of rotatable bonds is 4. The van der Waals surface area contributed by atoms with Crippen molar-refractivity contribution in [3.8, 4) is 0 Å². The second-order valence-electron chi connectivity index (χ2n) is 4.67. The van der Waals surface area contributed by atoms with Crippen molar-refractivity contribution in [1.82, 2.24) is 5.43 Å². The molecule has 0 aliphatic heterocycles. The highest BCUT2D eigenvalue weighted by Gasteiger charge is 2.16. The van der Waals surface area contributed by atoms with Crippen LogP contribution in [0.4, 0.5) is 0 Å². The Kier molecular flexibility index (Phi) is 4.38.